The normalized spacial score (nSPS) is 14.1. The van der Waals surface area contributed by atoms with Crippen molar-refractivity contribution in [1.82, 2.24) is 0 Å². The maximum atomic E-state index is 10.5. The number of aromatic hydroxyl groups is 1. The number of aryl methyl sites for hydroxylation is 2. The number of hydrogen-bond acceptors (Lipinski definition) is 2. The fourth-order valence-corrected chi connectivity index (χ4v) is 2.28. The minimum Gasteiger partial charge on any atom is -0.507 e. The van der Waals surface area contributed by atoms with Crippen molar-refractivity contribution < 1.29 is 9.90 Å². The van der Waals surface area contributed by atoms with E-state index in [1.807, 2.05) is 13.0 Å². The predicted octanol–water partition coefficient (Wildman–Crippen LogP) is 1.93. The number of rotatable bonds is 2. The number of hydrogen-bond donors (Lipinski definition) is 1. The zero-order valence-electron chi connectivity index (χ0n) is 8.34. The van der Waals surface area contributed by atoms with Crippen molar-refractivity contribution in [2.45, 2.75) is 32.6 Å². The summed E-state index contributed by atoms with van der Waals surface area (Å²) < 4.78 is 0. The lowest BCUT2D eigenvalue weighted by Gasteiger charge is -2.11. The van der Waals surface area contributed by atoms with Crippen LogP contribution >= 0.6 is 0 Å². The van der Waals surface area contributed by atoms with Crippen LogP contribution in [-0.4, -0.2) is 11.4 Å². The first-order valence-electron chi connectivity index (χ1n) is 5.01. The van der Waals surface area contributed by atoms with Crippen LogP contribution in [0.3, 0.4) is 0 Å². The van der Waals surface area contributed by atoms with Gasteiger partial charge in [0.1, 0.15) is 12.0 Å². The van der Waals surface area contributed by atoms with Gasteiger partial charge in [-0.1, -0.05) is 6.07 Å². The Bertz CT molecular complexity index is 380. The smallest absolute Gasteiger partial charge is 0.124 e. The molecular formula is C12H14O2. The Kier molecular flexibility index (Phi) is 2.28. The van der Waals surface area contributed by atoms with E-state index in [9.17, 15) is 9.90 Å². The van der Waals surface area contributed by atoms with E-state index in [4.69, 9.17) is 0 Å². The van der Waals surface area contributed by atoms with Crippen molar-refractivity contribution >= 4 is 6.29 Å². The molecule has 1 aromatic carbocycles. The van der Waals surface area contributed by atoms with E-state index in [1.165, 1.54) is 11.1 Å². The molecule has 0 atom stereocenters. The zero-order valence-corrected chi connectivity index (χ0v) is 8.34. The highest BCUT2D eigenvalue weighted by Crippen LogP contribution is 2.34. The number of benzene rings is 1. The molecule has 1 N–H and O–H groups in total. The van der Waals surface area contributed by atoms with Gasteiger partial charge in [-0.15, -0.1) is 0 Å². The quantitative estimate of drug-likeness (QED) is 0.723. The monoisotopic (exact) mass is 190 g/mol. The van der Waals surface area contributed by atoms with Gasteiger partial charge in [0.25, 0.3) is 0 Å². The third-order valence-electron chi connectivity index (χ3n) is 2.96. The second-order valence-corrected chi connectivity index (χ2v) is 3.88. The number of phenolic OH excluding ortho intramolecular Hbond substituents is 1. The topological polar surface area (TPSA) is 37.3 Å². The van der Waals surface area contributed by atoms with Gasteiger partial charge in [0.2, 0.25) is 0 Å². The first-order chi connectivity index (χ1) is 6.74. The minimum atomic E-state index is 0.317. The van der Waals surface area contributed by atoms with Crippen molar-refractivity contribution in [2.24, 2.45) is 0 Å². The fraction of sp³-hybridized carbons (Fsp3) is 0.417. The van der Waals surface area contributed by atoms with Gasteiger partial charge < -0.3 is 9.90 Å². The molecule has 0 saturated carbocycles. The average molecular weight is 190 g/mol. The SMILES string of the molecule is Cc1cc2c(c(CC=O)c1O)CCC2. The van der Waals surface area contributed by atoms with Gasteiger partial charge in [-0.3, -0.25) is 0 Å². The lowest BCUT2D eigenvalue weighted by atomic mass is 9.97. The van der Waals surface area contributed by atoms with E-state index in [0.717, 1.165) is 36.7 Å². The van der Waals surface area contributed by atoms with Gasteiger partial charge in [0.15, 0.2) is 0 Å². The molecule has 2 nitrogen and oxygen atoms in total. The molecular weight excluding hydrogens is 176 g/mol. The number of carbonyl (C=O) groups is 1. The van der Waals surface area contributed by atoms with Crippen molar-refractivity contribution in [3.05, 3.63) is 28.3 Å². The van der Waals surface area contributed by atoms with Crippen molar-refractivity contribution in [2.75, 3.05) is 0 Å². The van der Waals surface area contributed by atoms with E-state index in [0.29, 0.717) is 12.2 Å². The molecule has 1 aliphatic carbocycles. The van der Waals surface area contributed by atoms with Crippen molar-refractivity contribution in [3.63, 3.8) is 0 Å². The van der Waals surface area contributed by atoms with Crippen molar-refractivity contribution in [1.29, 1.82) is 0 Å². The molecule has 0 amide bonds. The maximum absolute atomic E-state index is 10.5. The maximum Gasteiger partial charge on any atom is 0.124 e. The van der Waals surface area contributed by atoms with Crippen LogP contribution in [0.1, 0.15) is 28.7 Å². The standard InChI is InChI=1S/C12H14O2/c1-8-7-9-3-2-4-10(9)11(5-6-13)12(8)14/h6-7,14H,2-5H2,1H3. The lowest BCUT2D eigenvalue weighted by molar-refractivity contribution is -0.107. The van der Waals surface area contributed by atoms with Gasteiger partial charge in [-0.25, -0.2) is 0 Å². The summed E-state index contributed by atoms with van der Waals surface area (Å²) in [6.45, 7) is 1.89. The predicted molar refractivity (Wildman–Crippen MR) is 54.6 cm³/mol. The van der Waals surface area contributed by atoms with Gasteiger partial charge >= 0.3 is 0 Å². The summed E-state index contributed by atoms with van der Waals surface area (Å²) in [6, 6.07) is 2.05. The second-order valence-electron chi connectivity index (χ2n) is 3.88. The molecule has 14 heavy (non-hydrogen) atoms. The molecule has 0 saturated heterocycles. The van der Waals surface area contributed by atoms with Crippen LogP contribution in [0.25, 0.3) is 0 Å². The Morgan fingerprint density at radius 2 is 2.29 bits per heavy atom. The van der Waals surface area contributed by atoms with Crippen LogP contribution in [0.4, 0.5) is 0 Å². The zero-order chi connectivity index (χ0) is 10.1. The van der Waals surface area contributed by atoms with E-state index in [2.05, 4.69) is 0 Å². The van der Waals surface area contributed by atoms with E-state index in [-0.39, 0.29) is 0 Å². The van der Waals surface area contributed by atoms with E-state index in [1.54, 1.807) is 0 Å². The molecule has 1 aliphatic rings. The summed E-state index contributed by atoms with van der Waals surface area (Å²) in [5, 5.41) is 9.83. The third-order valence-corrected chi connectivity index (χ3v) is 2.96. The largest absolute Gasteiger partial charge is 0.507 e. The highest BCUT2D eigenvalue weighted by atomic mass is 16.3. The van der Waals surface area contributed by atoms with Crippen LogP contribution in [0.5, 0.6) is 5.75 Å². The molecule has 0 spiro atoms. The fourth-order valence-electron chi connectivity index (χ4n) is 2.28. The highest BCUT2D eigenvalue weighted by Gasteiger charge is 2.19. The summed E-state index contributed by atoms with van der Waals surface area (Å²) in [5.41, 5.74) is 4.27. The Morgan fingerprint density at radius 1 is 1.50 bits per heavy atom. The van der Waals surface area contributed by atoms with Crippen LogP contribution in [-0.2, 0) is 24.1 Å². The van der Waals surface area contributed by atoms with Crippen molar-refractivity contribution in [3.8, 4) is 5.75 Å². The minimum absolute atomic E-state index is 0.317. The Balaban J connectivity index is 2.59. The van der Waals surface area contributed by atoms with Crippen LogP contribution in [0, 0.1) is 6.92 Å². The molecule has 2 rings (SSSR count). The molecule has 0 unspecified atom stereocenters. The molecule has 0 aromatic heterocycles. The molecule has 0 heterocycles. The molecule has 0 aliphatic heterocycles. The number of fused-ring (bicyclic) bond motifs is 1. The van der Waals surface area contributed by atoms with Gasteiger partial charge in [0, 0.05) is 12.0 Å². The van der Waals surface area contributed by atoms with Gasteiger partial charge in [-0.2, -0.15) is 0 Å². The van der Waals surface area contributed by atoms with Gasteiger partial charge in [0.05, 0.1) is 0 Å². The molecule has 1 aromatic rings. The Hall–Kier alpha value is -1.31. The summed E-state index contributed by atoms with van der Waals surface area (Å²) in [5.74, 6) is 0.317. The summed E-state index contributed by atoms with van der Waals surface area (Å²) in [6.07, 6.45) is 4.45. The Labute approximate surface area is 83.6 Å². The molecule has 0 radical (unpaired) electrons. The molecule has 0 bridgehead atoms. The summed E-state index contributed by atoms with van der Waals surface area (Å²) in [4.78, 5) is 10.5. The lowest BCUT2D eigenvalue weighted by Crippen LogP contribution is -1.97. The van der Waals surface area contributed by atoms with Crippen LogP contribution < -0.4 is 0 Å². The first-order valence-corrected chi connectivity index (χ1v) is 5.01. The average Bonchev–Trinajstić information content (AvgIpc) is 2.60. The Morgan fingerprint density at radius 3 is 3.00 bits per heavy atom. The highest BCUT2D eigenvalue weighted by molar-refractivity contribution is 5.62. The van der Waals surface area contributed by atoms with Gasteiger partial charge in [-0.05, 0) is 42.9 Å². The van der Waals surface area contributed by atoms with Crippen LogP contribution in [0.15, 0.2) is 6.07 Å². The molecule has 2 heteroatoms. The summed E-state index contributed by atoms with van der Waals surface area (Å²) in [7, 11) is 0. The van der Waals surface area contributed by atoms with Crippen LogP contribution in [0.2, 0.25) is 0 Å². The number of carbonyl (C=O) groups excluding carboxylic acids is 1. The van der Waals surface area contributed by atoms with E-state index >= 15 is 0 Å². The first kappa shape index (κ1) is 9.25. The second kappa shape index (κ2) is 3.45. The molecule has 0 fully saturated rings. The number of phenols is 1. The van der Waals surface area contributed by atoms with E-state index < -0.39 is 0 Å². The summed E-state index contributed by atoms with van der Waals surface area (Å²) >= 11 is 0. The molecule has 74 valence electrons. The third kappa shape index (κ3) is 1.31. The number of aldehydes is 1.